The number of hydrogen-bond acceptors (Lipinski definition) is 5. The zero-order chi connectivity index (χ0) is 13.9. The van der Waals surface area contributed by atoms with Crippen LogP contribution in [0.25, 0.3) is 0 Å². The number of sulfonamides is 1. The van der Waals surface area contributed by atoms with Crippen molar-refractivity contribution < 1.29 is 17.9 Å². The van der Waals surface area contributed by atoms with E-state index in [1.54, 1.807) is 13.0 Å². The third-order valence-corrected chi connectivity index (χ3v) is 4.01. The van der Waals surface area contributed by atoms with E-state index >= 15 is 0 Å². The molecule has 0 bridgehead atoms. The number of aryl methyl sites for hydroxylation is 2. The maximum atomic E-state index is 11.9. The summed E-state index contributed by atoms with van der Waals surface area (Å²) in [5.74, 6) is -0.666. The molecule has 0 aliphatic carbocycles. The third kappa shape index (κ3) is 3.21. The minimum Gasteiger partial charge on any atom is -0.468 e. The predicted octanol–water partition coefficient (Wildman–Crippen LogP) is 0.337. The number of esters is 1. The number of carbonyl (C=O) groups is 1. The van der Waals surface area contributed by atoms with Crippen LogP contribution in [0.4, 0.5) is 5.69 Å². The van der Waals surface area contributed by atoms with Crippen molar-refractivity contribution in [1.82, 2.24) is 4.72 Å². The quantitative estimate of drug-likeness (QED) is 0.608. The number of carbonyl (C=O) groups excluding carboxylic acids is 1. The first-order chi connectivity index (χ1) is 8.27. The van der Waals surface area contributed by atoms with Crippen LogP contribution in [0.3, 0.4) is 0 Å². The molecule has 7 heteroatoms. The molecule has 0 atom stereocenters. The summed E-state index contributed by atoms with van der Waals surface area (Å²) < 4.78 is 30.4. The second-order valence-electron chi connectivity index (χ2n) is 3.87. The molecule has 0 amide bonds. The Labute approximate surface area is 106 Å². The number of nitrogens with two attached hydrogens (primary N) is 1. The number of anilines is 1. The molecule has 0 spiro atoms. The molecule has 0 saturated carbocycles. The Balaban J connectivity index is 3.06. The molecular weight excluding hydrogens is 256 g/mol. The number of rotatable bonds is 4. The van der Waals surface area contributed by atoms with Gasteiger partial charge in [0.2, 0.25) is 10.0 Å². The molecule has 0 fully saturated rings. The minimum absolute atomic E-state index is 0.0329. The predicted molar refractivity (Wildman–Crippen MR) is 67.5 cm³/mol. The monoisotopic (exact) mass is 272 g/mol. The topological polar surface area (TPSA) is 98.5 Å². The van der Waals surface area contributed by atoms with E-state index < -0.39 is 22.5 Å². The van der Waals surface area contributed by atoms with Crippen molar-refractivity contribution in [3.8, 4) is 0 Å². The van der Waals surface area contributed by atoms with Crippen molar-refractivity contribution >= 4 is 21.7 Å². The van der Waals surface area contributed by atoms with Gasteiger partial charge >= 0.3 is 5.97 Å². The molecule has 3 N–H and O–H groups in total. The van der Waals surface area contributed by atoms with E-state index in [-0.39, 0.29) is 10.6 Å². The second kappa shape index (κ2) is 5.36. The molecule has 0 aliphatic rings. The summed E-state index contributed by atoms with van der Waals surface area (Å²) in [7, 11) is -2.63. The lowest BCUT2D eigenvalue weighted by Gasteiger charge is -2.10. The van der Waals surface area contributed by atoms with E-state index in [0.29, 0.717) is 0 Å². The third-order valence-electron chi connectivity index (χ3n) is 2.55. The van der Waals surface area contributed by atoms with Crippen LogP contribution in [0.5, 0.6) is 0 Å². The lowest BCUT2D eigenvalue weighted by molar-refractivity contribution is -0.139. The van der Waals surface area contributed by atoms with Crippen LogP contribution in [0, 0.1) is 13.8 Å². The fraction of sp³-hybridized carbons (Fsp3) is 0.364. The van der Waals surface area contributed by atoms with Gasteiger partial charge in [-0.05, 0) is 37.1 Å². The Morgan fingerprint density at radius 1 is 1.33 bits per heavy atom. The molecule has 0 saturated heterocycles. The first-order valence-corrected chi connectivity index (χ1v) is 6.69. The summed E-state index contributed by atoms with van der Waals surface area (Å²) in [5, 5.41) is 0. The van der Waals surface area contributed by atoms with Crippen LogP contribution in [0.15, 0.2) is 17.0 Å². The molecule has 100 valence electrons. The Morgan fingerprint density at radius 2 is 1.89 bits per heavy atom. The second-order valence-corrected chi connectivity index (χ2v) is 5.61. The Kier molecular flexibility index (Phi) is 4.31. The number of methoxy groups -OCH3 is 1. The van der Waals surface area contributed by atoms with Gasteiger partial charge in [0.1, 0.15) is 11.4 Å². The molecule has 0 heterocycles. The maximum Gasteiger partial charge on any atom is 0.320 e. The van der Waals surface area contributed by atoms with E-state index in [4.69, 9.17) is 5.73 Å². The van der Waals surface area contributed by atoms with Gasteiger partial charge in [0.05, 0.1) is 12.8 Å². The molecule has 1 aromatic carbocycles. The van der Waals surface area contributed by atoms with Gasteiger partial charge in [-0.15, -0.1) is 0 Å². The van der Waals surface area contributed by atoms with E-state index in [0.717, 1.165) is 11.1 Å². The van der Waals surface area contributed by atoms with E-state index in [2.05, 4.69) is 9.46 Å². The van der Waals surface area contributed by atoms with Crippen molar-refractivity contribution in [2.24, 2.45) is 0 Å². The van der Waals surface area contributed by atoms with Crippen LogP contribution < -0.4 is 10.5 Å². The van der Waals surface area contributed by atoms with E-state index in [1.807, 2.05) is 6.92 Å². The van der Waals surface area contributed by atoms with Crippen molar-refractivity contribution in [3.63, 3.8) is 0 Å². The normalized spacial score (nSPS) is 11.3. The van der Waals surface area contributed by atoms with Gasteiger partial charge in [-0.1, -0.05) is 0 Å². The summed E-state index contributed by atoms with van der Waals surface area (Å²) in [5.41, 5.74) is 7.54. The number of ether oxygens (including phenoxy) is 1. The Hall–Kier alpha value is -1.60. The molecular formula is C11H16N2O4S. The highest BCUT2D eigenvalue weighted by Crippen LogP contribution is 2.22. The lowest BCUT2D eigenvalue weighted by Crippen LogP contribution is -2.30. The van der Waals surface area contributed by atoms with Crippen LogP contribution in [0.1, 0.15) is 11.1 Å². The zero-order valence-electron chi connectivity index (χ0n) is 10.5. The molecule has 0 radical (unpaired) electrons. The standard InChI is InChI=1S/C11H16N2O4S/c1-7-4-9(12)10(5-8(7)2)18(15,16)13-6-11(14)17-3/h4-5,13H,6,12H2,1-3H3. The van der Waals surface area contributed by atoms with Crippen molar-refractivity contribution in [2.45, 2.75) is 18.7 Å². The van der Waals surface area contributed by atoms with Crippen LogP contribution in [-0.4, -0.2) is 28.0 Å². The molecule has 0 aromatic heterocycles. The molecule has 1 aromatic rings. The zero-order valence-corrected chi connectivity index (χ0v) is 11.3. The van der Waals surface area contributed by atoms with Crippen molar-refractivity contribution in [2.75, 3.05) is 19.4 Å². The van der Waals surface area contributed by atoms with Crippen molar-refractivity contribution in [1.29, 1.82) is 0 Å². The fourth-order valence-electron chi connectivity index (χ4n) is 1.35. The van der Waals surface area contributed by atoms with E-state index in [1.165, 1.54) is 13.2 Å². The van der Waals surface area contributed by atoms with Gasteiger partial charge in [0, 0.05) is 0 Å². The average molecular weight is 272 g/mol. The van der Waals surface area contributed by atoms with Gasteiger partial charge in [-0.25, -0.2) is 8.42 Å². The van der Waals surface area contributed by atoms with Crippen LogP contribution in [-0.2, 0) is 19.6 Å². The molecule has 18 heavy (non-hydrogen) atoms. The number of benzene rings is 1. The highest BCUT2D eigenvalue weighted by atomic mass is 32.2. The summed E-state index contributed by atoms with van der Waals surface area (Å²) in [4.78, 5) is 10.9. The molecule has 6 nitrogen and oxygen atoms in total. The van der Waals surface area contributed by atoms with Gasteiger partial charge in [-0.2, -0.15) is 4.72 Å². The molecule has 0 aliphatic heterocycles. The van der Waals surface area contributed by atoms with Gasteiger partial charge in [0.15, 0.2) is 0 Å². The van der Waals surface area contributed by atoms with Crippen molar-refractivity contribution in [3.05, 3.63) is 23.3 Å². The Morgan fingerprint density at radius 3 is 2.44 bits per heavy atom. The van der Waals surface area contributed by atoms with E-state index in [9.17, 15) is 13.2 Å². The summed E-state index contributed by atoms with van der Waals surface area (Å²) in [6.45, 7) is 3.20. The largest absolute Gasteiger partial charge is 0.468 e. The highest BCUT2D eigenvalue weighted by molar-refractivity contribution is 7.89. The summed E-state index contributed by atoms with van der Waals surface area (Å²) in [6, 6.07) is 3.06. The van der Waals surface area contributed by atoms with Gasteiger partial charge < -0.3 is 10.5 Å². The number of nitrogen functional groups attached to an aromatic ring is 1. The molecule has 0 unspecified atom stereocenters. The average Bonchev–Trinajstić information content (AvgIpc) is 2.30. The number of hydrogen-bond donors (Lipinski definition) is 2. The summed E-state index contributed by atoms with van der Waals surface area (Å²) >= 11 is 0. The lowest BCUT2D eigenvalue weighted by atomic mass is 10.1. The number of nitrogens with one attached hydrogen (secondary N) is 1. The van der Waals surface area contributed by atoms with Crippen LogP contribution >= 0.6 is 0 Å². The SMILES string of the molecule is COC(=O)CNS(=O)(=O)c1cc(C)c(C)cc1N. The van der Waals surface area contributed by atoms with Crippen LogP contribution in [0.2, 0.25) is 0 Å². The van der Waals surface area contributed by atoms with Gasteiger partial charge in [0.25, 0.3) is 0 Å². The smallest absolute Gasteiger partial charge is 0.320 e. The summed E-state index contributed by atoms with van der Waals surface area (Å²) in [6.07, 6.45) is 0. The minimum atomic E-state index is -3.81. The maximum absolute atomic E-state index is 11.9. The highest BCUT2D eigenvalue weighted by Gasteiger charge is 2.19. The molecule has 1 rings (SSSR count). The Bertz CT molecular complexity index is 567. The first kappa shape index (κ1) is 14.5. The van der Waals surface area contributed by atoms with Gasteiger partial charge in [-0.3, -0.25) is 4.79 Å². The first-order valence-electron chi connectivity index (χ1n) is 5.21. The fourth-order valence-corrected chi connectivity index (χ4v) is 2.51.